The summed E-state index contributed by atoms with van der Waals surface area (Å²) in [5.41, 5.74) is 11.3. The number of thiol groups is 1. The van der Waals surface area contributed by atoms with E-state index in [2.05, 4.69) is 28.6 Å². The number of rotatable bonds is 16. The van der Waals surface area contributed by atoms with Gasteiger partial charge in [-0.05, 0) is 25.3 Å². The van der Waals surface area contributed by atoms with E-state index in [4.69, 9.17) is 21.7 Å². The molecule has 0 saturated heterocycles. The van der Waals surface area contributed by atoms with Crippen LogP contribution in [0.5, 0.6) is 0 Å². The SMILES string of the molecule is CCC(C)C(NC(=O)C(N)CCCCN)C(=O)NC(CC(=O)O)C(=O)NC(CS)C(=O)O. The van der Waals surface area contributed by atoms with Crippen molar-refractivity contribution in [3.63, 3.8) is 0 Å². The van der Waals surface area contributed by atoms with Crippen molar-refractivity contribution in [2.45, 2.75) is 70.1 Å². The number of unbranched alkanes of at least 4 members (excludes halogenated alkanes) is 1. The third-order valence-electron chi connectivity index (χ3n) is 4.91. The maximum Gasteiger partial charge on any atom is 0.327 e. The van der Waals surface area contributed by atoms with Crippen molar-refractivity contribution >= 4 is 42.3 Å². The summed E-state index contributed by atoms with van der Waals surface area (Å²) in [5.74, 6) is -5.65. The molecule has 5 unspecified atom stereocenters. The van der Waals surface area contributed by atoms with Gasteiger partial charge in [0.25, 0.3) is 0 Å². The Bertz CT molecular complexity index is 664. The standard InChI is InChI=1S/C19H35N5O7S/c1-3-10(2)15(24-16(27)11(21)6-4-5-7-20)18(29)22-12(8-14(25)26)17(28)23-13(9-32)19(30)31/h10-13,15,32H,3-9,20-21H2,1-2H3,(H,22,29)(H,23,28)(H,24,27)(H,25,26)(H,30,31). The quantitative estimate of drug-likeness (QED) is 0.0950. The molecule has 0 aromatic carbocycles. The number of hydrogen-bond acceptors (Lipinski definition) is 8. The van der Waals surface area contributed by atoms with Crippen LogP contribution in [0.3, 0.4) is 0 Å². The maximum atomic E-state index is 12.9. The normalized spacial score (nSPS) is 15.5. The molecule has 0 heterocycles. The number of carboxylic acids is 2. The second kappa shape index (κ2) is 15.4. The Labute approximate surface area is 192 Å². The van der Waals surface area contributed by atoms with Crippen molar-refractivity contribution in [2.75, 3.05) is 12.3 Å². The van der Waals surface area contributed by atoms with Crippen molar-refractivity contribution < 1.29 is 34.2 Å². The molecule has 0 aliphatic rings. The van der Waals surface area contributed by atoms with Crippen LogP contribution in [0, 0.1) is 5.92 Å². The molecule has 0 radical (unpaired) electrons. The predicted molar refractivity (Wildman–Crippen MR) is 120 cm³/mol. The van der Waals surface area contributed by atoms with Crippen molar-refractivity contribution in [1.29, 1.82) is 0 Å². The summed E-state index contributed by atoms with van der Waals surface area (Å²) in [6.07, 6.45) is 1.43. The minimum Gasteiger partial charge on any atom is -0.481 e. The topological polar surface area (TPSA) is 214 Å². The number of nitrogens with one attached hydrogen (secondary N) is 3. The van der Waals surface area contributed by atoms with Gasteiger partial charge in [-0.3, -0.25) is 19.2 Å². The Hall–Kier alpha value is -2.38. The van der Waals surface area contributed by atoms with Gasteiger partial charge in [0.05, 0.1) is 12.5 Å². The van der Waals surface area contributed by atoms with Crippen LogP contribution in [0.2, 0.25) is 0 Å². The van der Waals surface area contributed by atoms with Crippen LogP contribution in [0.15, 0.2) is 0 Å². The molecule has 0 fully saturated rings. The molecular formula is C19H35N5O7S. The van der Waals surface area contributed by atoms with E-state index in [1.54, 1.807) is 13.8 Å². The zero-order valence-electron chi connectivity index (χ0n) is 18.4. The van der Waals surface area contributed by atoms with Gasteiger partial charge in [0.2, 0.25) is 17.7 Å². The van der Waals surface area contributed by atoms with E-state index < -0.39 is 60.2 Å². The molecule has 0 aromatic heterocycles. The van der Waals surface area contributed by atoms with Gasteiger partial charge < -0.3 is 37.6 Å². The Morgan fingerprint density at radius 2 is 1.53 bits per heavy atom. The first-order chi connectivity index (χ1) is 15.0. The Morgan fingerprint density at radius 3 is 2.00 bits per heavy atom. The van der Waals surface area contributed by atoms with Crippen LogP contribution in [0.1, 0.15) is 46.0 Å². The van der Waals surface area contributed by atoms with Gasteiger partial charge in [0, 0.05) is 5.75 Å². The predicted octanol–water partition coefficient (Wildman–Crippen LogP) is -1.57. The van der Waals surface area contributed by atoms with Gasteiger partial charge in [-0.2, -0.15) is 12.6 Å². The minimum absolute atomic E-state index is 0.234. The molecule has 0 aliphatic carbocycles. The first-order valence-corrected chi connectivity index (χ1v) is 11.0. The molecule has 13 heteroatoms. The van der Waals surface area contributed by atoms with Crippen molar-refractivity contribution in [3.8, 4) is 0 Å². The maximum absolute atomic E-state index is 12.9. The van der Waals surface area contributed by atoms with E-state index in [1.165, 1.54) is 0 Å². The molecular weight excluding hydrogens is 442 g/mol. The van der Waals surface area contributed by atoms with Crippen LogP contribution in [-0.4, -0.2) is 76.3 Å². The average molecular weight is 478 g/mol. The lowest BCUT2D eigenvalue weighted by Gasteiger charge is -2.27. The van der Waals surface area contributed by atoms with Crippen molar-refractivity contribution in [2.24, 2.45) is 17.4 Å². The Kier molecular flexibility index (Phi) is 14.3. The molecule has 0 aliphatic heterocycles. The fourth-order valence-corrected chi connectivity index (χ4v) is 2.95. The van der Waals surface area contributed by atoms with E-state index in [0.29, 0.717) is 32.2 Å². The van der Waals surface area contributed by atoms with Crippen LogP contribution in [0.4, 0.5) is 0 Å². The molecule has 0 aromatic rings. The molecule has 12 nitrogen and oxygen atoms in total. The van der Waals surface area contributed by atoms with E-state index in [-0.39, 0.29) is 11.7 Å². The molecule has 0 rings (SSSR count). The zero-order chi connectivity index (χ0) is 24.8. The van der Waals surface area contributed by atoms with Gasteiger partial charge in [-0.1, -0.05) is 26.7 Å². The largest absolute Gasteiger partial charge is 0.481 e. The summed E-state index contributed by atoms with van der Waals surface area (Å²) < 4.78 is 0. The fourth-order valence-electron chi connectivity index (χ4n) is 2.71. The second-order valence-corrected chi connectivity index (χ2v) is 7.87. The minimum atomic E-state index is -1.55. The molecule has 0 saturated carbocycles. The van der Waals surface area contributed by atoms with Gasteiger partial charge in [0.15, 0.2) is 0 Å². The van der Waals surface area contributed by atoms with E-state index in [0.717, 1.165) is 0 Å². The smallest absolute Gasteiger partial charge is 0.327 e. The zero-order valence-corrected chi connectivity index (χ0v) is 19.3. The van der Waals surface area contributed by atoms with Crippen LogP contribution < -0.4 is 27.4 Å². The summed E-state index contributed by atoms with van der Waals surface area (Å²) in [6.45, 7) is 3.97. The fraction of sp³-hybridized carbons (Fsp3) is 0.737. The summed E-state index contributed by atoms with van der Waals surface area (Å²) >= 11 is 3.83. The number of hydrogen-bond donors (Lipinski definition) is 8. The average Bonchev–Trinajstić information content (AvgIpc) is 2.73. The summed E-state index contributed by atoms with van der Waals surface area (Å²) in [5, 5.41) is 25.2. The second-order valence-electron chi connectivity index (χ2n) is 7.50. The highest BCUT2D eigenvalue weighted by Crippen LogP contribution is 2.10. The van der Waals surface area contributed by atoms with E-state index in [1.807, 2.05) is 0 Å². The monoisotopic (exact) mass is 477 g/mol. The number of carbonyl (C=O) groups excluding carboxylic acids is 3. The molecule has 184 valence electrons. The van der Waals surface area contributed by atoms with Gasteiger partial charge in [-0.25, -0.2) is 4.79 Å². The summed E-state index contributed by atoms with van der Waals surface area (Å²) in [7, 11) is 0. The number of nitrogens with two attached hydrogens (primary N) is 2. The lowest BCUT2D eigenvalue weighted by atomic mass is 9.97. The third-order valence-corrected chi connectivity index (χ3v) is 5.27. The molecule has 0 spiro atoms. The molecule has 32 heavy (non-hydrogen) atoms. The van der Waals surface area contributed by atoms with Gasteiger partial charge in [-0.15, -0.1) is 0 Å². The number of aliphatic carboxylic acids is 2. The van der Waals surface area contributed by atoms with Crippen molar-refractivity contribution in [3.05, 3.63) is 0 Å². The van der Waals surface area contributed by atoms with Crippen LogP contribution >= 0.6 is 12.6 Å². The Morgan fingerprint density at radius 1 is 0.938 bits per heavy atom. The van der Waals surface area contributed by atoms with Crippen LogP contribution in [-0.2, 0) is 24.0 Å². The number of carbonyl (C=O) groups is 5. The highest BCUT2D eigenvalue weighted by Gasteiger charge is 2.33. The summed E-state index contributed by atoms with van der Waals surface area (Å²) in [4.78, 5) is 60.0. The lowest BCUT2D eigenvalue weighted by Crippen LogP contribution is -2.59. The lowest BCUT2D eigenvalue weighted by molar-refractivity contribution is -0.143. The molecule has 9 N–H and O–H groups in total. The van der Waals surface area contributed by atoms with Crippen LogP contribution in [0.25, 0.3) is 0 Å². The first-order valence-electron chi connectivity index (χ1n) is 10.4. The third kappa shape index (κ3) is 10.8. The highest BCUT2D eigenvalue weighted by molar-refractivity contribution is 7.80. The molecule has 3 amide bonds. The first kappa shape index (κ1) is 29.6. The summed E-state index contributed by atoms with van der Waals surface area (Å²) in [6, 6.07) is -4.85. The highest BCUT2D eigenvalue weighted by atomic mass is 32.1. The number of carboxylic acid groups (broad SMARTS) is 2. The molecule has 0 bridgehead atoms. The van der Waals surface area contributed by atoms with E-state index >= 15 is 0 Å². The van der Waals surface area contributed by atoms with Gasteiger partial charge in [0.1, 0.15) is 18.1 Å². The van der Waals surface area contributed by atoms with Gasteiger partial charge >= 0.3 is 11.9 Å². The number of amides is 3. The molecule has 5 atom stereocenters. The van der Waals surface area contributed by atoms with E-state index in [9.17, 15) is 24.0 Å². The Balaban J connectivity index is 5.40. The van der Waals surface area contributed by atoms with Crippen molar-refractivity contribution in [1.82, 2.24) is 16.0 Å².